The summed E-state index contributed by atoms with van der Waals surface area (Å²) in [6.07, 6.45) is 3.96. The van der Waals surface area contributed by atoms with E-state index < -0.39 is 4.92 Å². The van der Waals surface area contributed by atoms with Crippen molar-refractivity contribution in [2.75, 3.05) is 13.2 Å². The van der Waals surface area contributed by atoms with Gasteiger partial charge in [-0.05, 0) is 61.5 Å². The van der Waals surface area contributed by atoms with E-state index in [1.807, 2.05) is 30.3 Å². The van der Waals surface area contributed by atoms with Gasteiger partial charge in [0.1, 0.15) is 17.6 Å². The fourth-order valence-electron chi connectivity index (χ4n) is 4.33. The molecule has 32 heavy (non-hydrogen) atoms. The van der Waals surface area contributed by atoms with Gasteiger partial charge in [0.05, 0.1) is 22.8 Å². The number of aromatic nitrogens is 1. The molecule has 8 nitrogen and oxygen atoms in total. The van der Waals surface area contributed by atoms with E-state index in [0.717, 1.165) is 36.5 Å². The molecule has 164 valence electrons. The van der Waals surface area contributed by atoms with Crippen LogP contribution in [-0.4, -0.2) is 39.2 Å². The van der Waals surface area contributed by atoms with Gasteiger partial charge in [0.15, 0.2) is 5.11 Å². The summed E-state index contributed by atoms with van der Waals surface area (Å²) in [5.41, 5.74) is 1.70. The van der Waals surface area contributed by atoms with Gasteiger partial charge < -0.3 is 19.4 Å². The first-order chi connectivity index (χ1) is 15.6. The van der Waals surface area contributed by atoms with E-state index in [1.165, 1.54) is 12.1 Å². The quantitative estimate of drug-likeness (QED) is 0.336. The number of ether oxygens (including phenoxy) is 1. The number of nitrogens with one attached hydrogen (secondary N) is 1. The summed E-state index contributed by atoms with van der Waals surface area (Å²) < 4.78 is 12.1. The van der Waals surface area contributed by atoms with Gasteiger partial charge in [-0.15, -0.1) is 0 Å². The van der Waals surface area contributed by atoms with Crippen LogP contribution in [-0.2, 0) is 4.74 Å². The Morgan fingerprint density at radius 2 is 2.03 bits per heavy atom. The lowest BCUT2D eigenvalue weighted by atomic mass is 10.0. The van der Waals surface area contributed by atoms with Crippen LogP contribution < -0.4 is 5.32 Å². The van der Waals surface area contributed by atoms with Crippen LogP contribution >= 0.6 is 12.2 Å². The molecule has 1 N–H and O–H groups in total. The standard InChI is InChI=1S/C23H22N4O4S/c28-27(29)16-8-6-15(7-9-16)19-10-11-20(31-19)22-21(18-5-1-2-12-24-18)25-23(32)26(22)14-17-4-3-13-30-17/h1-2,5-12,17,21-22H,3-4,13-14H2,(H,25,32). The Morgan fingerprint density at radius 3 is 2.72 bits per heavy atom. The lowest BCUT2D eigenvalue weighted by Crippen LogP contribution is -2.36. The summed E-state index contributed by atoms with van der Waals surface area (Å²) in [5.74, 6) is 1.39. The number of non-ortho nitro benzene ring substituents is 1. The molecule has 2 aliphatic rings. The zero-order valence-corrected chi connectivity index (χ0v) is 18.0. The molecule has 0 aliphatic carbocycles. The number of pyridine rings is 1. The normalized spacial score (nSPS) is 22.8. The van der Waals surface area contributed by atoms with Crippen LogP contribution in [0.25, 0.3) is 11.3 Å². The first-order valence-electron chi connectivity index (χ1n) is 10.5. The molecule has 3 aromatic rings. The van der Waals surface area contributed by atoms with Crippen molar-refractivity contribution in [3.8, 4) is 11.3 Å². The number of rotatable bonds is 6. The van der Waals surface area contributed by atoms with Gasteiger partial charge in [-0.2, -0.15) is 0 Å². The Morgan fingerprint density at radius 1 is 1.19 bits per heavy atom. The van der Waals surface area contributed by atoms with E-state index >= 15 is 0 Å². The van der Waals surface area contributed by atoms with Crippen LogP contribution in [0, 0.1) is 10.1 Å². The predicted octanol–water partition coefficient (Wildman–Crippen LogP) is 4.40. The molecule has 2 aliphatic heterocycles. The largest absolute Gasteiger partial charge is 0.459 e. The Hall–Kier alpha value is -3.30. The van der Waals surface area contributed by atoms with E-state index in [0.29, 0.717) is 17.4 Å². The Kier molecular flexibility index (Phi) is 5.59. The highest BCUT2D eigenvalue weighted by atomic mass is 32.1. The fourth-order valence-corrected chi connectivity index (χ4v) is 4.65. The van der Waals surface area contributed by atoms with E-state index in [2.05, 4.69) is 15.2 Å². The SMILES string of the molecule is O=[N+]([O-])c1ccc(-c2ccc(C3C(c4ccccn4)NC(=S)N3CC3CCCO3)o2)cc1. The first kappa shape index (κ1) is 20.6. The van der Waals surface area contributed by atoms with Crippen LogP contribution in [0.15, 0.2) is 65.2 Å². The maximum atomic E-state index is 10.9. The molecular weight excluding hydrogens is 428 g/mol. The third-order valence-corrected chi connectivity index (χ3v) is 6.26. The second kappa shape index (κ2) is 8.68. The minimum Gasteiger partial charge on any atom is -0.459 e. The van der Waals surface area contributed by atoms with Crippen LogP contribution in [0.1, 0.15) is 36.4 Å². The van der Waals surface area contributed by atoms with Gasteiger partial charge in [0, 0.05) is 37.0 Å². The molecule has 0 amide bonds. The van der Waals surface area contributed by atoms with Crippen molar-refractivity contribution in [2.45, 2.75) is 31.0 Å². The monoisotopic (exact) mass is 450 g/mol. The van der Waals surface area contributed by atoms with Crippen molar-refractivity contribution in [3.05, 3.63) is 82.4 Å². The summed E-state index contributed by atoms with van der Waals surface area (Å²) in [5, 5.41) is 15.0. The summed E-state index contributed by atoms with van der Waals surface area (Å²) in [4.78, 5) is 17.2. The van der Waals surface area contributed by atoms with Crippen LogP contribution in [0.4, 0.5) is 5.69 Å². The molecule has 9 heteroatoms. The summed E-state index contributed by atoms with van der Waals surface area (Å²) in [6, 6.07) is 15.6. The molecular formula is C23H22N4O4S. The topological polar surface area (TPSA) is 93.7 Å². The highest BCUT2D eigenvalue weighted by molar-refractivity contribution is 7.80. The van der Waals surface area contributed by atoms with Crippen LogP contribution in [0.3, 0.4) is 0 Å². The van der Waals surface area contributed by atoms with Crippen molar-refractivity contribution in [1.82, 2.24) is 15.2 Å². The van der Waals surface area contributed by atoms with Gasteiger partial charge in [0.25, 0.3) is 5.69 Å². The molecule has 1 aromatic carbocycles. The zero-order valence-electron chi connectivity index (χ0n) is 17.2. The van der Waals surface area contributed by atoms with E-state index in [-0.39, 0.29) is 23.9 Å². The Bertz CT molecular complexity index is 1110. The van der Waals surface area contributed by atoms with Crippen molar-refractivity contribution in [1.29, 1.82) is 0 Å². The lowest BCUT2D eigenvalue weighted by molar-refractivity contribution is -0.384. The molecule has 0 bridgehead atoms. The van der Waals surface area contributed by atoms with Crippen molar-refractivity contribution >= 4 is 23.0 Å². The summed E-state index contributed by atoms with van der Waals surface area (Å²) >= 11 is 5.69. The highest BCUT2D eigenvalue weighted by Gasteiger charge is 2.42. The van der Waals surface area contributed by atoms with E-state index in [1.54, 1.807) is 18.3 Å². The number of thiocarbonyl (C=S) groups is 1. The lowest BCUT2D eigenvalue weighted by Gasteiger charge is -2.28. The molecule has 4 heterocycles. The van der Waals surface area contributed by atoms with Gasteiger partial charge >= 0.3 is 0 Å². The second-order valence-electron chi connectivity index (χ2n) is 7.92. The van der Waals surface area contributed by atoms with Gasteiger partial charge in [-0.3, -0.25) is 15.1 Å². The molecule has 2 aromatic heterocycles. The maximum Gasteiger partial charge on any atom is 0.269 e. The average Bonchev–Trinajstić information content (AvgIpc) is 3.56. The first-order valence-corrected chi connectivity index (χ1v) is 11.0. The number of hydrogen-bond donors (Lipinski definition) is 1. The smallest absolute Gasteiger partial charge is 0.269 e. The molecule has 2 saturated heterocycles. The third kappa shape index (κ3) is 3.96. The van der Waals surface area contributed by atoms with Crippen molar-refractivity contribution in [3.63, 3.8) is 0 Å². The van der Waals surface area contributed by atoms with Crippen LogP contribution in [0.5, 0.6) is 0 Å². The third-order valence-electron chi connectivity index (χ3n) is 5.90. The molecule has 3 atom stereocenters. The molecule has 5 rings (SSSR count). The van der Waals surface area contributed by atoms with Gasteiger partial charge in [0.2, 0.25) is 0 Å². The zero-order chi connectivity index (χ0) is 22.1. The van der Waals surface area contributed by atoms with Crippen molar-refractivity contribution < 1.29 is 14.1 Å². The summed E-state index contributed by atoms with van der Waals surface area (Å²) in [7, 11) is 0. The van der Waals surface area contributed by atoms with Gasteiger partial charge in [-0.1, -0.05) is 6.07 Å². The average molecular weight is 451 g/mol. The maximum absolute atomic E-state index is 10.9. The predicted molar refractivity (Wildman–Crippen MR) is 122 cm³/mol. The highest BCUT2D eigenvalue weighted by Crippen LogP contribution is 2.41. The minimum absolute atomic E-state index is 0.0452. The molecule has 2 fully saturated rings. The van der Waals surface area contributed by atoms with E-state index in [4.69, 9.17) is 21.4 Å². The number of furan rings is 1. The molecule has 0 spiro atoms. The molecule has 0 saturated carbocycles. The number of nitro groups is 1. The fraction of sp³-hybridized carbons (Fsp3) is 0.304. The van der Waals surface area contributed by atoms with Crippen LogP contribution in [0.2, 0.25) is 0 Å². The Labute approximate surface area is 190 Å². The molecule has 0 radical (unpaired) electrons. The summed E-state index contributed by atoms with van der Waals surface area (Å²) in [6.45, 7) is 1.45. The second-order valence-corrected chi connectivity index (χ2v) is 8.31. The van der Waals surface area contributed by atoms with Gasteiger partial charge in [-0.25, -0.2) is 0 Å². The number of nitro benzene ring substituents is 1. The minimum atomic E-state index is -0.414. The Balaban J connectivity index is 1.48. The van der Waals surface area contributed by atoms with E-state index in [9.17, 15) is 10.1 Å². The number of nitrogens with zero attached hydrogens (tertiary/aromatic N) is 3. The number of benzene rings is 1. The molecule has 3 unspecified atom stereocenters. The number of hydrogen-bond acceptors (Lipinski definition) is 6. The van der Waals surface area contributed by atoms with Crippen molar-refractivity contribution in [2.24, 2.45) is 0 Å².